The molecule has 0 saturated carbocycles. The summed E-state index contributed by atoms with van der Waals surface area (Å²) < 4.78 is 5.37. The molecule has 1 aromatic heterocycles. The maximum atomic E-state index is 12.2. The van der Waals surface area contributed by atoms with Crippen LogP contribution in [0.1, 0.15) is 36.1 Å². The van der Waals surface area contributed by atoms with Crippen molar-refractivity contribution in [3.05, 3.63) is 59.4 Å². The van der Waals surface area contributed by atoms with E-state index in [0.717, 1.165) is 35.4 Å². The number of rotatable bonds is 2. The van der Waals surface area contributed by atoms with E-state index >= 15 is 0 Å². The molecule has 0 fully saturated rings. The number of hydrazone groups is 1. The summed E-state index contributed by atoms with van der Waals surface area (Å²) in [5, 5.41) is 6.34. The Balaban J connectivity index is 1.81. The summed E-state index contributed by atoms with van der Waals surface area (Å²) in [4.78, 5) is 16.3. The molecule has 1 aromatic carbocycles. The highest BCUT2D eigenvalue weighted by Gasteiger charge is 2.43. The first-order valence-electron chi connectivity index (χ1n) is 8.14. The van der Waals surface area contributed by atoms with Crippen LogP contribution in [0.15, 0.2) is 47.8 Å². The van der Waals surface area contributed by atoms with Crippen LogP contribution < -0.4 is 4.74 Å². The van der Waals surface area contributed by atoms with Gasteiger partial charge in [-0.1, -0.05) is 6.07 Å². The highest BCUT2D eigenvalue weighted by Crippen LogP contribution is 2.43. The SMILES string of the molecule is COc1ccc2c(c1)C1=NN(C(C)=O)[C@H](c3ccncc3)[C@H]1CC2. The summed E-state index contributed by atoms with van der Waals surface area (Å²) in [7, 11) is 1.67. The number of methoxy groups -OCH3 is 1. The Bertz CT molecular complexity index is 817. The maximum Gasteiger partial charge on any atom is 0.240 e. The van der Waals surface area contributed by atoms with Gasteiger partial charge in [0.2, 0.25) is 5.91 Å². The second-order valence-electron chi connectivity index (χ2n) is 6.24. The van der Waals surface area contributed by atoms with Gasteiger partial charge in [0, 0.05) is 30.8 Å². The van der Waals surface area contributed by atoms with Gasteiger partial charge in [-0.05, 0) is 48.2 Å². The average molecular weight is 321 g/mol. The molecular formula is C19H19N3O2. The van der Waals surface area contributed by atoms with Crippen molar-refractivity contribution in [1.29, 1.82) is 0 Å². The number of hydrogen-bond donors (Lipinski definition) is 0. The zero-order valence-corrected chi connectivity index (χ0v) is 13.8. The Hall–Kier alpha value is -2.69. The van der Waals surface area contributed by atoms with Gasteiger partial charge in [0.1, 0.15) is 5.75 Å². The zero-order valence-electron chi connectivity index (χ0n) is 13.8. The molecule has 2 aromatic rings. The van der Waals surface area contributed by atoms with Gasteiger partial charge in [0.15, 0.2) is 0 Å². The molecular weight excluding hydrogens is 302 g/mol. The largest absolute Gasteiger partial charge is 0.497 e. The molecule has 0 spiro atoms. The molecule has 2 atom stereocenters. The summed E-state index contributed by atoms with van der Waals surface area (Å²) in [6, 6.07) is 10.0. The smallest absolute Gasteiger partial charge is 0.240 e. The molecule has 2 heterocycles. The first-order chi connectivity index (χ1) is 11.7. The monoisotopic (exact) mass is 321 g/mol. The van der Waals surface area contributed by atoms with Crippen LogP contribution in [-0.2, 0) is 11.2 Å². The Labute approximate surface area is 141 Å². The number of amides is 1. The molecule has 2 aliphatic rings. The van der Waals surface area contributed by atoms with Crippen molar-refractivity contribution >= 4 is 11.6 Å². The number of fused-ring (bicyclic) bond motifs is 3. The van der Waals surface area contributed by atoms with Gasteiger partial charge in [0.05, 0.1) is 18.9 Å². The molecule has 5 heteroatoms. The summed E-state index contributed by atoms with van der Waals surface area (Å²) >= 11 is 0. The van der Waals surface area contributed by atoms with Crippen molar-refractivity contribution in [2.45, 2.75) is 25.8 Å². The lowest BCUT2D eigenvalue weighted by Crippen LogP contribution is -2.31. The second kappa shape index (κ2) is 5.74. The van der Waals surface area contributed by atoms with Crippen LogP contribution >= 0.6 is 0 Å². The van der Waals surface area contributed by atoms with Gasteiger partial charge in [-0.15, -0.1) is 0 Å². The molecule has 1 aliphatic heterocycles. The van der Waals surface area contributed by atoms with Crippen LogP contribution in [-0.4, -0.2) is 28.7 Å². The molecule has 1 amide bonds. The van der Waals surface area contributed by atoms with E-state index < -0.39 is 0 Å². The number of benzene rings is 1. The fraction of sp³-hybridized carbons (Fsp3) is 0.316. The van der Waals surface area contributed by atoms with E-state index in [9.17, 15) is 4.79 Å². The fourth-order valence-electron chi connectivity index (χ4n) is 3.77. The third-order valence-electron chi connectivity index (χ3n) is 4.90. The Morgan fingerprint density at radius 1 is 1.25 bits per heavy atom. The summed E-state index contributed by atoms with van der Waals surface area (Å²) in [6.45, 7) is 1.57. The predicted octanol–water partition coefficient (Wildman–Crippen LogP) is 2.96. The summed E-state index contributed by atoms with van der Waals surface area (Å²) in [5.41, 5.74) is 4.44. The maximum absolute atomic E-state index is 12.2. The van der Waals surface area contributed by atoms with Gasteiger partial charge in [-0.2, -0.15) is 5.10 Å². The quantitative estimate of drug-likeness (QED) is 0.854. The van der Waals surface area contributed by atoms with Crippen molar-refractivity contribution in [1.82, 2.24) is 9.99 Å². The average Bonchev–Trinajstić information content (AvgIpc) is 3.02. The first-order valence-corrected chi connectivity index (χ1v) is 8.14. The molecule has 5 nitrogen and oxygen atoms in total. The van der Waals surface area contributed by atoms with Crippen molar-refractivity contribution < 1.29 is 9.53 Å². The lowest BCUT2D eigenvalue weighted by Gasteiger charge is -2.29. The van der Waals surface area contributed by atoms with Crippen molar-refractivity contribution in [2.24, 2.45) is 11.0 Å². The van der Waals surface area contributed by atoms with E-state index in [-0.39, 0.29) is 17.9 Å². The number of carbonyl (C=O) groups excluding carboxylic acids is 1. The minimum Gasteiger partial charge on any atom is -0.497 e. The van der Waals surface area contributed by atoms with E-state index in [4.69, 9.17) is 9.84 Å². The number of ether oxygens (including phenoxy) is 1. The van der Waals surface area contributed by atoms with Crippen LogP contribution in [0.5, 0.6) is 5.75 Å². The van der Waals surface area contributed by atoms with E-state index in [2.05, 4.69) is 11.1 Å². The van der Waals surface area contributed by atoms with Crippen molar-refractivity contribution in [3.8, 4) is 5.75 Å². The van der Waals surface area contributed by atoms with Crippen LogP contribution in [0.4, 0.5) is 0 Å². The van der Waals surface area contributed by atoms with E-state index in [1.807, 2.05) is 24.3 Å². The topological polar surface area (TPSA) is 54.8 Å². The van der Waals surface area contributed by atoms with Gasteiger partial charge in [-0.25, -0.2) is 5.01 Å². The molecule has 0 unspecified atom stereocenters. The summed E-state index contributed by atoms with van der Waals surface area (Å²) in [6.07, 6.45) is 5.50. The Morgan fingerprint density at radius 3 is 2.75 bits per heavy atom. The standard InChI is InChI=1S/C19H19N3O2/c1-12(23)22-19(14-7-9-20-10-8-14)16-6-4-13-3-5-15(24-2)11-17(13)18(16)21-22/h3,5,7-11,16,19H,4,6H2,1-2H3/t16-,19+/m0/s1. The molecule has 0 radical (unpaired) electrons. The number of pyridine rings is 1. The first kappa shape index (κ1) is 14.9. The van der Waals surface area contributed by atoms with E-state index in [1.165, 1.54) is 5.56 Å². The predicted molar refractivity (Wildman–Crippen MR) is 90.8 cm³/mol. The van der Waals surface area contributed by atoms with Crippen LogP contribution in [0.2, 0.25) is 0 Å². The summed E-state index contributed by atoms with van der Waals surface area (Å²) in [5.74, 6) is 0.984. The highest BCUT2D eigenvalue weighted by atomic mass is 16.5. The lowest BCUT2D eigenvalue weighted by atomic mass is 9.77. The van der Waals surface area contributed by atoms with Crippen molar-refractivity contribution in [2.75, 3.05) is 7.11 Å². The minimum atomic E-state index is -0.0557. The Kier molecular flexibility index (Phi) is 3.56. The van der Waals surface area contributed by atoms with Gasteiger partial charge in [0.25, 0.3) is 0 Å². The highest BCUT2D eigenvalue weighted by molar-refractivity contribution is 6.07. The fourth-order valence-corrected chi connectivity index (χ4v) is 3.77. The number of hydrogen-bond acceptors (Lipinski definition) is 4. The number of aryl methyl sites for hydroxylation is 1. The third-order valence-corrected chi connectivity index (χ3v) is 4.90. The van der Waals surface area contributed by atoms with Crippen molar-refractivity contribution in [3.63, 3.8) is 0 Å². The van der Waals surface area contributed by atoms with E-state index in [1.54, 1.807) is 31.4 Å². The third kappa shape index (κ3) is 2.28. The van der Waals surface area contributed by atoms with Gasteiger partial charge < -0.3 is 4.74 Å². The van der Waals surface area contributed by atoms with Crippen LogP contribution in [0.3, 0.4) is 0 Å². The normalized spacial score (nSPS) is 21.8. The minimum absolute atomic E-state index is 0.0387. The second-order valence-corrected chi connectivity index (χ2v) is 6.24. The Morgan fingerprint density at radius 2 is 2.04 bits per heavy atom. The molecule has 122 valence electrons. The van der Waals surface area contributed by atoms with E-state index in [0.29, 0.717) is 0 Å². The molecule has 1 aliphatic carbocycles. The molecule has 0 saturated heterocycles. The van der Waals surface area contributed by atoms with Crippen LogP contribution in [0, 0.1) is 5.92 Å². The number of nitrogens with zero attached hydrogens (tertiary/aromatic N) is 3. The molecule has 24 heavy (non-hydrogen) atoms. The molecule has 4 rings (SSSR count). The number of carbonyl (C=O) groups is 1. The zero-order chi connectivity index (χ0) is 16.7. The van der Waals surface area contributed by atoms with Crippen LogP contribution in [0.25, 0.3) is 0 Å². The molecule has 0 bridgehead atoms. The lowest BCUT2D eigenvalue weighted by molar-refractivity contribution is -0.131. The van der Waals surface area contributed by atoms with Gasteiger partial charge in [-0.3, -0.25) is 9.78 Å². The molecule has 0 N–H and O–H groups in total. The number of aromatic nitrogens is 1. The van der Waals surface area contributed by atoms with Gasteiger partial charge >= 0.3 is 0 Å².